The molecule has 0 spiro atoms. The van der Waals surface area contributed by atoms with Crippen LogP contribution in [0, 0.1) is 0 Å². The van der Waals surface area contributed by atoms with Crippen molar-refractivity contribution >= 4 is 22.7 Å². The lowest BCUT2D eigenvalue weighted by Crippen LogP contribution is -2.35. The summed E-state index contributed by atoms with van der Waals surface area (Å²) in [5.74, 6) is -0.0147. The number of furan rings is 1. The molecule has 116 valence electrons. The average Bonchev–Trinajstić information content (AvgIpc) is 3.13. The van der Waals surface area contributed by atoms with Crippen LogP contribution in [0.1, 0.15) is 10.4 Å². The van der Waals surface area contributed by atoms with Gasteiger partial charge in [0, 0.05) is 12.4 Å². The Bertz CT molecular complexity index is 857. The van der Waals surface area contributed by atoms with Crippen molar-refractivity contribution in [2.45, 2.75) is 0 Å². The van der Waals surface area contributed by atoms with Gasteiger partial charge in [0.2, 0.25) is 5.91 Å². The Labute approximate surface area is 132 Å². The van der Waals surface area contributed by atoms with Gasteiger partial charge in [-0.25, -0.2) is 4.98 Å². The predicted octanol–water partition coefficient (Wildman–Crippen LogP) is 1.97. The number of carbonyl (C=O) groups excluding carboxylic acids is 2. The van der Waals surface area contributed by atoms with Gasteiger partial charge in [-0.3, -0.25) is 9.59 Å². The number of nitrogens with one attached hydrogen (secondary N) is 2. The van der Waals surface area contributed by atoms with Gasteiger partial charge < -0.3 is 15.1 Å². The van der Waals surface area contributed by atoms with E-state index in [1.807, 2.05) is 24.3 Å². The van der Waals surface area contributed by atoms with Crippen molar-refractivity contribution in [3.8, 4) is 11.5 Å². The summed E-state index contributed by atoms with van der Waals surface area (Å²) >= 11 is 0. The van der Waals surface area contributed by atoms with Gasteiger partial charge in [-0.15, -0.1) is 0 Å². The minimum absolute atomic E-state index is 0.0813. The zero-order valence-corrected chi connectivity index (χ0v) is 12.5. The Hall–Kier alpha value is -3.15. The molecule has 1 aromatic carbocycles. The van der Waals surface area contributed by atoms with Crippen LogP contribution in [-0.2, 0) is 4.79 Å². The van der Waals surface area contributed by atoms with E-state index in [1.165, 1.54) is 7.05 Å². The second-order valence-electron chi connectivity index (χ2n) is 4.91. The Morgan fingerprint density at radius 2 is 2.00 bits per heavy atom. The summed E-state index contributed by atoms with van der Waals surface area (Å²) in [4.78, 5) is 28.3. The van der Waals surface area contributed by atoms with Gasteiger partial charge in [0.1, 0.15) is 5.69 Å². The molecular formula is C17H15N3O3. The lowest BCUT2D eigenvalue weighted by molar-refractivity contribution is -0.119. The maximum atomic E-state index is 12.5. The van der Waals surface area contributed by atoms with Crippen LogP contribution in [0.5, 0.6) is 0 Å². The quantitative estimate of drug-likeness (QED) is 0.771. The van der Waals surface area contributed by atoms with Crippen molar-refractivity contribution in [2.75, 3.05) is 13.6 Å². The highest BCUT2D eigenvalue weighted by Gasteiger charge is 2.15. The van der Waals surface area contributed by atoms with Gasteiger partial charge in [0.05, 0.1) is 23.9 Å². The third-order valence-electron chi connectivity index (χ3n) is 3.42. The Balaban J connectivity index is 2.03. The first kappa shape index (κ1) is 14.8. The normalized spacial score (nSPS) is 10.5. The molecule has 0 bridgehead atoms. The number of hydrogen-bond donors (Lipinski definition) is 2. The monoisotopic (exact) mass is 309 g/mol. The topological polar surface area (TPSA) is 84.2 Å². The fraction of sp³-hybridized carbons (Fsp3) is 0.118. The molecule has 3 rings (SSSR count). The largest absolute Gasteiger partial charge is 0.463 e. The van der Waals surface area contributed by atoms with E-state index >= 15 is 0 Å². The molecule has 6 nitrogen and oxygen atoms in total. The van der Waals surface area contributed by atoms with E-state index in [4.69, 9.17) is 4.42 Å². The van der Waals surface area contributed by atoms with Crippen LogP contribution < -0.4 is 10.6 Å². The zero-order chi connectivity index (χ0) is 16.2. The molecule has 0 fully saturated rings. The molecule has 2 aromatic heterocycles. The third kappa shape index (κ3) is 3.06. The fourth-order valence-electron chi connectivity index (χ4n) is 2.26. The lowest BCUT2D eigenvalue weighted by Gasteiger charge is -2.09. The molecule has 2 amide bonds. The van der Waals surface area contributed by atoms with Crippen LogP contribution in [0.3, 0.4) is 0 Å². The summed E-state index contributed by atoms with van der Waals surface area (Å²) in [6.45, 7) is -0.0813. The molecule has 0 radical (unpaired) electrons. The van der Waals surface area contributed by atoms with Crippen molar-refractivity contribution in [1.29, 1.82) is 0 Å². The molecule has 0 unspecified atom stereocenters. The summed E-state index contributed by atoms with van der Waals surface area (Å²) < 4.78 is 5.36. The highest BCUT2D eigenvalue weighted by atomic mass is 16.3. The van der Waals surface area contributed by atoms with Crippen molar-refractivity contribution in [1.82, 2.24) is 15.6 Å². The van der Waals surface area contributed by atoms with E-state index < -0.39 is 0 Å². The second kappa shape index (κ2) is 6.31. The van der Waals surface area contributed by atoms with Crippen molar-refractivity contribution in [2.24, 2.45) is 0 Å². The number of nitrogens with zero attached hydrogens (tertiary/aromatic N) is 1. The van der Waals surface area contributed by atoms with Gasteiger partial charge in [-0.05, 0) is 24.3 Å². The maximum Gasteiger partial charge on any atom is 0.252 e. The molecule has 3 aromatic rings. The third-order valence-corrected chi connectivity index (χ3v) is 3.42. The maximum absolute atomic E-state index is 12.5. The number of benzene rings is 1. The summed E-state index contributed by atoms with van der Waals surface area (Å²) in [6, 6.07) is 12.6. The van der Waals surface area contributed by atoms with Crippen LogP contribution in [0.25, 0.3) is 22.4 Å². The van der Waals surface area contributed by atoms with E-state index in [9.17, 15) is 9.59 Å². The lowest BCUT2D eigenvalue weighted by atomic mass is 10.1. The number of fused-ring (bicyclic) bond motifs is 1. The average molecular weight is 309 g/mol. The molecule has 0 saturated heterocycles. The number of likely N-dealkylation sites (N-methyl/N-ethyl adjacent to an activating group) is 1. The minimum Gasteiger partial charge on any atom is -0.463 e. The van der Waals surface area contributed by atoms with E-state index in [0.717, 1.165) is 5.39 Å². The summed E-state index contributed by atoms with van der Waals surface area (Å²) in [5, 5.41) is 5.79. The van der Waals surface area contributed by atoms with E-state index in [-0.39, 0.29) is 18.4 Å². The van der Waals surface area contributed by atoms with Crippen molar-refractivity contribution in [3.63, 3.8) is 0 Å². The molecule has 2 N–H and O–H groups in total. The van der Waals surface area contributed by atoms with Gasteiger partial charge in [-0.1, -0.05) is 18.2 Å². The SMILES string of the molecule is CNC(=O)CNC(=O)c1cc(-c2ccco2)nc2ccccc12. The summed E-state index contributed by atoms with van der Waals surface area (Å²) in [5.41, 5.74) is 1.70. The molecule has 0 aliphatic carbocycles. The summed E-state index contributed by atoms with van der Waals surface area (Å²) in [7, 11) is 1.52. The molecule has 0 aliphatic heterocycles. The molecule has 2 heterocycles. The Morgan fingerprint density at radius 1 is 1.17 bits per heavy atom. The van der Waals surface area contributed by atoms with Crippen LogP contribution in [0.4, 0.5) is 0 Å². The van der Waals surface area contributed by atoms with Gasteiger partial charge >= 0.3 is 0 Å². The van der Waals surface area contributed by atoms with E-state index in [1.54, 1.807) is 24.5 Å². The number of hydrogen-bond acceptors (Lipinski definition) is 4. The molecule has 0 saturated carbocycles. The predicted molar refractivity (Wildman–Crippen MR) is 85.8 cm³/mol. The molecule has 0 aliphatic rings. The van der Waals surface area contributed by atoms with Crippen molar-refractivity contribution < 1.29 is 14.0 Å². The first-order valence-corrected chi connectivity index (χ1v) is 7.11. The smallest absolute Gasteiger partial charge is 0.252 e. The first-order chi connectivity index (χ1) is 11.2. The first-order valence-electron chi connectivity index (χ1n) is 7.11. The number of rotatable bonds is 4. The number of carbonyl (C=O) groups is 2. The molecular weight excluding hydrogens is 294 g/mol. The molecule has 23 heavy (non-hydrogen) atoms. The number of aromatic nitrogens is 1. The Morgan fingerprint density at radius 3 is 2.74 bits per heavy atom. The minimum atomic E-state index is -0.333. The highest BCUT2D eigenvalue weighted by molar-refractivity contribution is 6.07. The highest BCUT2D eigenvalue weighted by Crippen LogP contribution is 2.25. The van der Waals surface area contributed by atoms with Crippen LogP contribution in [0.2, 0.25) is 0 Å². The number of amides is 2. The zero-order valence-electron chi connectivity index (χ0n) is 12.5. The van der Waals surface area contributed by atoms with Gasteiger partial charge in [-0.2, -0.15) is 0 Å². The number of para-hydroxylation sites is 1. The van der Waals surface area contributed by atoms with Gasteiger partial charge in [0.15, 0.2) is 5.76 Å². The van der Waals surface area contributed by atoms with Gasteiger partial charge in [0.25, 0.3) is 5.91 Å². The number of pyridine rings is 1. The van der Waals surface area contributed by atoms with Crippen LogP contribution in [-0.4, -0.2) is 30.4 Å². The van der Waals surface area contributed by atoms with E-state index in [0.29, 0.717) is 22.5 Å². The summed E-state index contributed by atoms with van der Waals surface area (Å²) in [6.07, 6.45) is 1.55. The van der Waals surface area contributed by atoms with Crippen LogP contribution in [0.15, 0.2) is 53.1 Å². The molecule has 0 atom stereocenters. The fourth-order valence-corrected chi connectivity index (χ4v) is 2.26. The standard InChI is InChI=1S/C17H15N3O3/c1-18-16(21)10-19-17(22)12-9-14(15-7-4-8-23-15)20-13-6-3-2-5-11(12)13/h2-9H,10H2,1H3,(H,18,21)(H,19,22). The Kier molecular flexibility index (Phi) is 4.05. The van der Waals surface area contributed by atoms with Crippen molar-refractivity contribution in [3.05, 3.63) is 54.3 Å². The molecule has 6 heteroatoms. The second-order valence-corrected chi connectivity index (χ2v) is 4.91. The van der Waals surface area contributed by atoms with Crippen LogP contribution >= 0.6 is 0 Å². The van der Waals surface area contributed by atoms with E-state index in [2.05, 4.69) is 15.6 Å².